The number of nitrogens with two attached hydrogens (primary N) is 1. The molecule has 7 heteroatoms. The highest BCUT2D eigenvalue weighted by Crippen LogP contribution is 2.27. The van der Waals surface area contributed by atoms with Crippen LogP contribution in [0, 0.1) is 0 Å². The molecular weight excluding hydrogens is 256 g/mol. The van der Waals surface area contributed by atoms with Crippen LogP contribution in [0.2, 0.25) is 5.15 Å². The lowest BCUT2D eigenvalue weighted by Crippen LogP contribution is -1.97. The van der Waals surface area contributed by atoms with Gasteiger partial charge >= 0.3 is 5.76 Å². The largest absolute Gasteiger partial charge is 0.417 e. The van der Waals surface area contributed by atoms with Crippen LogP contribution in [0.4, 0.5) is 0 Å². The number of aromatic amines is 2. The highest BCUT2D eigenvalue weighted by molar-refractivity contribution is 6.32. The van der Waals surface area contributed by atoms with E-state index in [1.54, 1.807) is 18.2 Å². The Kier molecular flexibility index (Phi) is 2.46. The zero-order chi connectivity index (χ0) is 12.7. The quantitative estimate of drug-likeness (QED) is 0.655. The van der Waals surface area contributed by atoms with Gasteiger partial charge in [-0.05, 0) is 18.2 Å². The van der Waals surface area contributed by atoms with Crippen molar-refractivity contribution >= 4 is 22.7 Å². The van der Waals surface area contributed by atoms with Crippen LogP contribution in [0.15, 0.2) is 27.4 Å². The summed E-state index contributed by atoms with van der Waals surface area (Å²) in [7, 11) is 0. The fourth-order valence-corrected chi connectivity index (χ4v) is 2.05. The number of benzene rings is 1. The lowest BCUT2D eigenvalue weighted by molar-refractivity contribution is 0.555. The van der Waals surface area contributed by atoms with Crippen LogP contribution in [-0.2, 0) is 6.54 Å². The van der Waals surface area contributed by atoms with Crippen molar-refractivity contribution in [1.82, 2.24) is 15.0 Å². The molecule has 0 amide bonds. The van der Waals surface area contributed by atoms with E-state index in [0.717, 1.165) is 5.56 Å². The fraction of sp³-hybridized carbons (Fsp3) is 0.0909. The number of halogens is 1. The normalized spacial score (nSPS) is 11.2. The second kappa shape index (κ2) is 4.01. The van der Waals surface area contributed by atoms with Crippen LogP contribution >= 0.6 is 11.6 Å². The highest BCUT2D eigenvalue weighted by atomic mass is 35.5. The van der Waals surface area contributed by atoms with Gasteiger partial charge in [0.05, 0.1) is 12.1 Å². The zero-order valence-corrected chi connectivity index (χ0v) is 9.91. The molecule has 4 N–H and O–H groups in total. The van der Waals surface area contributed by atoms with Crippen LogP contribution in [0.25, 0.3) is 22.4 Å². The van der Waals surface area contributed by atoms with Gasteiger partial charge in [-0.15, -0.1) is 0 Å². The molecule has 0 saturated carbocycles. The summed E-state index contributed by atoms with van der Waals surface area (Å²) in [4.78, 5) is 20.8. The van der Waals surface area contributed by atoms with E-state index in [2.05, 4.69) is 15.0 Å². The molecular formula is C11H9ClN4O2. The van der Waals surface area contributed by atoms with E-state index in [1.165, 1.54) is 0 Å². The summed E-state index contributed by atoms with van der Waals surface area (Å²) < 4.78 is 4.92. The van der Waals surface area contributed by atoms with E-state index in [4.69, 9.17) is 21.8 Å². The first-order valence-electron chi connectivity index (χ1n) is 5.25. The van der Waals surface area contributed by atoms with Gasteiger partial charge in [0, 0.05) is 5.56 Å². The average molecular weight is 265 g/mol. The van der Waals surface area contributed by atoms with Crippen molar-refractivity contribution < 1.29 is 4.42 Å². The molecule has 1 aromatic carbocycles. The second-order valence-electron chi connectivity index (χ2n) is 3.78. The summed E-state index contributed by atoms with van der Waals surface area (Å²) in [5, 5.41) is 0.417. The Balaban J connectivity index is 2.18. The number of nitrogens with zero attached hydrogens (tertiary/aromatic N) is 1. The van der Waals surface area contributed by atoms with Crippen molar-refractivity contribution in [1.29, 1.82) is 0 Å². The minimum atomic E-state index is -0.488. The van der Waals surface area contributed by atoms with Crippen LogP contribution in [0.1, 0.15) is 5.82 Å². The highest BCUT2D eigenvalue weighted by Gasteiger charge is 2.11. The minimum Gasteiger partial charge on any atom is -0.408 e. The van der Waals surface area contributed by atoms with Gasteiger partial charge in [-0.2, -0.15) is 0 Å². The van der Waals surface area contributed by atoms with Crippen LogP contribution in [0.5, 0.6) is 0 Å². The maximum Gasteiger partial charge on any atom is 0.417 e. The number of fused-ring (bicyclic) bond motifs is 1. The molecule has 2 heterocycles. The van der Waals surface area contributed by atoms with Crippen molar-refractivity contribution in [2.75, 3.05) is 0 Å². The summed E-state index contributed by atoms with van der Waals surface area (Å²) in [5.41, 5.74) is 7.96. The van der Waals surface area contributed by atoms with Gasteiger partial charge in [0.25, 0.3) is 0 Å². The first-order chi connectivity index (χ1) is 8.67. The second-order valence-corrected chi connectivity index (χ2v) is 4.15. The summed E-state index contributed by atoms with van der Waals surface area (Å²) in [6.07, 6.45) is 0. The Bertz CT molecular complexity index is 771. The summed E-state index contributed by atoms with van der Waals surface area (Å²) >= 11 is 6.05. The summed E-state index contributed by atoms with van der Waals surface area (Å²) in [6.45, 7) is 0.282. The third-order valence-electron chi connectivity index (χ3n) is 2.59. The standard InChI is InChI=1S/C11H9ClN4O2/c12-10-9(15-8(4-13)16-10)5-1-2-7-6(3-5)14-11(17)18-7/h1-3H,4,13H2,(H,14,17)(H,15,16). The summed E-state index contributed by atoms with van der Waals surface area (Å²) in [6, 6.07) is 5.22. The molecule has 0 aliphatic rings. The molecule has 0 saturated heterocycles. The van der Waals surface area contributed by atoms with E-state index in [0.29, 0.717) is 27.8 Å². The minimum absolute atomic E-state index is 0.282. The van der Waals surface area contributed by atoms with Crippen molar-refractivity contribution in [2.45, 2.75) is 6.54 Å². The Morgan fingerprint density at radius 2 is 2.22 bits per heavy atom. The predicted molar refractivity (Wildman–Crippen MR) is 67.3 cm³/mol. The topological polar surface area (TPSA) is 101 Å². The Morgan fingerprint density at radius 3 is 2.94 bits per heavy atom. The first-order valence-corrected chi connectivity index (χ1v) is 5.63. The molecule has 0 radical (unpaired) electrons. The van der Waals surface area contributed by atoms with E-state index in [1.807, 2.05) is 0 Å². The molecule has 92 valence electrons. The van der Waals surface area contributed by atoms with E-state index in [-0.39, 0.29) is 6.54 Å². The molecule has 0 bridgehead atoms. The van der Waals surface area contributed by atoms with Gasteiger partial charge in [0.1, 0.15) is 16.7 Å². The molecule has 0 aliphatic heterocycles. The van der Waals surface area contributed by atoms with E-state index < -0.39 is 5.76 Å². The number of rotatable bonds is 2. The van der Waals surface area contributed by atoms with Gasteiger partial charge in [0.15, 0.2) is 5.58 Å². The van der Waals surface area contributed by atoms with Gasteiger partial charge in [-0.25, -0.2) is 9.78 Å². The van der Waals surface area contributed by atoms with Crippen LogP contribution in [-0.4, -0.2) is 15.0 Å². The number of H-pyrrole nitrogens is 2. The predicted octanol–water partition coefficient (Wildman–Crippen LogP) is 1.62. The molecule has 3 rings (SSSR count). The maximum absolute atomic E-state index is 11.1. The monoisotopic (exact) mass is 264 g/mol. The van der Waals surface area contributed by atoms with Crippen LogP contribution in [0.3, 0.4) is 0 Å². The average Bonchev–Trinajstić information content (AvgIpc) is 2.89. The fourth-order valence-electron chi connectivity index (χ4n) is 1.79. The number of hydrogen-bond acceptors (Lipinski definition) is 4. The van der Waals surface area contributed by atoms with Gasteiger partial charge in [0.2, 0.25) is 0 Å². The summed E-state index contributed by atoms with van der Waals surface area (Å²) in [5.74, 6) is 0.119. The van der Waals surface area contributed by atoms with Gasteiger partial charge in [-0.1, -0.05) is 11.6 Å². The van der Waals surface area contributed by atoms with Gasteiger partial charge in [-0.3, -0.25) is 4.98 Å². The number of hydrogen-bond donors (Lipinski definition) is 3. The van der Waals surface area contributed by atoms with Crippen molar-refractivity contribution in [2.24, 2.45) is 5.73 Å². The molecule has 3 aromatic rings. The lowest BCUT2D eigenvalue weighted by atomic mass is 10.1. The number of oxazole rings is 1. The van der Waals surface area contributed by atoms with E-state index in [9.17, 15) is 4.79 Å². The Labute approximate surface area is 106 Å². The third kappa shape index (κ3) is 1.71. The SMILES string of the molecule is NCc1nc(-c2ccc3oc(=O)[nH]c3c2)c(Cl)[nH]1. The van der Waals surface area contributed by atoms with Crippen molar-refractivity contribution in [3.8, 4) is 11.3 Å². The molecule has 18 heavy (non-hydrogen) atoms. The molecule has 2 aromatic heterocycles. The molecule has 0 atom stereocenters. The third-order valence-corrected chi connectivity index (χ3v) is 2.87. The molecule has 0 aliphatic carbocycles. The van der Waals surface area contributed by atoms with Crippen molar-refractivity contribution in [3.63, 3.8) is 0 Å². The molecule has 6 nitrogen and oxygen atoms in total. The number of imidazole rings is 1. The Morgan fingerprint density at radius 1 is 1.39 bits per heavy atom. The van der Waals surface area contributed by atoms with E-state index >= 15 is 0 Å². The molecule has 0 unspecified atom stereocenters. The van der Waals surface area contributed by atoms with Crippen LogP contribution < -0.4 is 11.5 Å². The van der Waals surface area contributed by atoms with Crippen molar-refractivity contribution in [3.05, 3.63) is 39.7 Å². The lowest BCUT2D eigenvalue weighted by Gasteiger charge is -1.96. The number of aromatic nitrogens is 3. The molecule has 0 fully saturated rings. The maximum atomic E-state index is 11.1. The first kappa shape index (κ1) is 11.1. The number of nitrogens with one attached hydrogen (secondary N) is 2. The van der Waals surface area contributed by atoms with Gasteiger partial charge < -0.3 is 15.1 Å². The smallest absolute Gasteiger partial charge is 0.408 e. The Hall–Kier alpha value is -2.05. The zero-order valence-electron chi connectivity index (χ0n) is 9.16. The molecule has 0 spiro atoms.